The van der Waals surface area contributed by atoms with E-state index in [9.17, 15) is 14.0 Å². The molecule has 4 N–H and O–H groups in total. The fraction of sp³-hybridized carbons (Fsp3) is 0. The zero-order chi connectivity index (χ0) is 27.8. The summed E-state index contributed by atoms with van der Waals surface area (Å²) < 4.78 is 35.5. The molecule has 0 saturated carbocycles. The van der Waals surface area contributed by atoms with Gasteiger partial charge in [-0.15, -0.1) is 11.3 Å². The van der Waals surface area contributed by atoms with Gasteiger partial charge in [-0.25, -0.2) is 18.7 Å². The lowest BCUT2D eigenvalue weighted by Crippen LogP contribution is -2.27. The number of hydrogen-bond donors (Lipinski definition) is 3. The Morgan fingerprint density at radius 2 is 1.90 bits per heavy atom. The summed E-state index contributed by atoms with van der Waals surface area (Å²) >= 11 is 1.29. The molecule has 0 spiro atoms. The van der Waals surface area contributed by atoms with E-state index in [4.69, 9.17) is 10.5 Å². The molecule has 40 heavy (non-hydrogen) atoms. The van der Waals surface area contributed by atoms with Gasteiger partial charge >= 0.3 is 0 Å². The van der Waals surface area contributed by atoms with E-state index in [1.165, 1.54) is 76.8 Å². The maximum atomic E-state index is 15.1. The van der Waals surface area contributed by atoms with Gasteiger partial charge in [-0.3, -0.25) is 14.2 Å². The molecule has 2 aromatic carbocycles. The van der Waals surface area contributed by atoms with Crippen molar-refractivity contribution in [1.82, 2.24) is 19.5 Å². The van der Waals surface area contributed by atoms with Crippen LogP contribution in [0.4, 0.5) is 19.6 Å². The lowest BCUT2D eigenvalue weighted by Gasteiger charge is -2.11. The first kappa shape index (κ1) is 24.9. The molecule has 4 heterocycles. The normalized spacial score (nSPS) is 11.1. The van der Waals surface area contributed by atoms with E-state index < -0.39 is 23.1 Å². The third-order valence-electron chi connectivity index (χ3n) is 6.04. The molecule has 0 atom stereocenters. The number of hydrogen-bond acceptors (Lipinski definition) is 7. The summed E-state index contributed by atoms with van der Waals surface area (Å²) in [5, 5.41) is 5.34. The number of carbonyl (C=O) groups excluding carboxylic acids is 1. The number of rotatable bonds is 6. The Hall–Kier alpha value is -5.36. The first-order valence-corrected chi connectivity index (χ1v) is 12.7. The van der Waals surface area contributed by atoms with Crippen molar-refractivity contribution in [3.63, 3.8) is 0 Å². The van der Waals surface area contributed by atoms with Crippen molar-refractivity contribution in [2.24, 2.45) is 0 Å². The van der Waals surface area contributed by atoms with Crippen LogP contribution in [-0.2, 0) is 0 Å². The second-order valence-corrected chi connectivity index (χ2v) is 9.47. The van der Waals surface area contributed by atoms with Crippen molar-refractivity contribution in [3.05, 3.63) is 112 Å². The topological polar surface area (TPSA) is 128 Å². The summed E-state index contributed by atoms with van der Waals surface area (Å²) in [4.78, 5) is 37.5. The Balaban J connectivity index is 1.25. The Morgan fingerprint density at radius 3 is 2.65 bits per heavy atom. The van der Waals surface area contributed by atoms with Gasteiger partial charge in [-0.05, 0) is 54.6 Å². The molecule has 0 aliphatic carbocycles. The molecule has 9 nitrogen and oxygen atoms in total. The summed E-state index contributed by atoms with van der Waals surface area (Å²) in [6, 6.07) is 13.7. The van der Waals surface area contributed by atoms with E-state index in [2.05, 4.69) is 20.3 Å². The number of benzene rings is 2. The number of anilines is 2. The van der Waals surface area contributed by atoms with E-state index in [1.54, 1.807) is 17.6 Å². The maximum absolute atomic E-state index is 15.1. The number of thiazole rings is 1. The summed E-state index contributed by atoms with van der Waals surface area (Å²) in [7, 11) is 0. The van der Waals surface area contributed by atoms with Gasteiger partial charge in [0.2, 0.25) is 0 Å². The first-order valence-electron chi connectivity index (χ1n) is 11.8. The average molecular weight is 557 g/mol. The number of pyridine rings is 2. The third-order valence-corrected chi connectivity index (χ3v) is 6.71. The molecular weight excluding hydrogens is 538 g/mol. The minimum atomic E-state index is -0.741. The summed E-state index contributed by atoms with van der Waals surface area (Å²) in [5.74, 6) is -1.67. The molecule has 0 unspecified atom stereocenters. The highest BCUT2D eigenvalue weighted by atomic mass is 32.1. The monoisotopic (exact) mass is 556 g/mol. The number of nitrogen functional groups attached to an aromatic ring is 1. The van der Waals surface area contributed by atoms with E-state index in [0.29, 0.717) is 38.9 Å². The predicted molar refractivity (Wildman–Crippen MR) is 148 cm³/mol. The molecule has 0 aliphatic heterocycles. The van der Waals surface area contributed by atoms with E-state index >= 15 is 4.39 Å². The fourth-order valence-electron chi connectivity index (χ4n) is 4.18. The molecule has 0 saturated heterocycles. The van der Waals surface area contributed by atoms with E-state index in [-0.39, 0.29) is 17.0 Å². The quantitative estimate of drug-likeness (QED) is 0.240. The van der Waals surface area contributed by atoms with E-state index in [0.717, 1.165) is 6.07 Å². The molecule has 1 amide bonds. The zero-order valence-corrected chi connectivity index (χ0v) is 21.2. The van der Waals surface area contributed by atoms with Gasteiger partial charge in [0.25, 0.3) is 11.5 Å². The van der Waals surface area contributed by atoms with E-state index in [1.807, 2.05) is 0 Å². The number of aromatic nitrogens is 4. The van der Waals surface area contributed by atoms with Crippen LogP contribution in [-0.4, -0.2) is 25.4 Å². The molecule has 6 rings (SSSR count). The molecule has 12 heteroatoms. The van der Waals surface area contributed by atoms with Crippen molar-refractivity contribution < 1.29 is 18.3 Å². The largest absolute Gasteiger partial charge is 0.453 e. The van der Waals surface area contributed by atoms with Gasteiger partial charge < -0.3 is 20.8 Å². The molecule has 0 fully saturated rings. The Morgan fingerprint density at radius 1 is 1.07 bits per heavy atom. The number of halogens is 2. The maximum Gasteiger partial charge on any atom is 0.267 e. The van der Waals surface area contributed by atoms with Crippen LogP contribution in [0.5, 0.6) is 11.5 Å². The van der Waals surface area contributed by atoms with Crippen LogP contribution in [0.3, 0.4) is 0 Å². The third kappa shape index (κ3) is 4.67. The average Bonchev–Trinajstić information content (AvgIpc) is 3.57. The van der Waals surface area contributed by atoms with Gasteiger partial charge in [0, 0.05) is 47.0 Å². The van der Waals surface area contributed by atoms with Crippen LogP contribution >= 0.6 is 11.3 Å². The molecule has 4 aromatic heterocycles. The molecule has 0 aliphatic rings. The second kappa shape index (κ2) is 10.1. The highest BCUT2D eigenvalue weighted by Crippen LogP contribution is 2.38. The van der Waals surface area contributed by atoms with Crippen molar-refractivity contribution in [1.29, 1.82) is 0 Å². The zero-order valence-electron chi connectivity index (χ0n) is 20.4. The molecule has 0 bridgehead atoms. The van der Waals surface area contributed by atoms with Gasteiger partial charge in [0.15, 0.2) is 16.7 Å². The molecule has 0 radical (unpaired) electrons. The summed E-state index contributed by atoms with van der Waals surface area (Å²) in [6.07, 6.45) is 4.72. The Kier molecular flexibility index (Phi) is 6.28. The predicted octanol–water partition coefficient (Wildman–Crippen LogP) is 5.74. The van der Waals surface area contributed by atoms with Crippen LogP contribution < -0.4 is 21.3 Å². The number of ether oxygens (including phenoxy) is 1. The Labute approximate surface area is 228 Å². The van der Waals surface area contributed by atoms with Gasteiger partial charge in [0.05, 0.1) is 11.1 Å². The van der Waals surface area contributed by atoms with Crippen LogP contribution in [0.25, 0.3) is 28.0 Å². The highest BCUT2D eigenvalue weighted by Gasteiger charge is 2.18. The lowest BCUT2D eigenvalue weighted by molar-refractivity contribution is 0.102. The summed E-state index contributed by atoms with van der Waals surface area (Å²) in [6.45, 7) is 0. The second-order valence-electron chi connectivity index (χ2n) is 8.58. The van der Waals surface area contributed by atoms with Crippen LogP contribution in [0.15, 0.2) is 89.4 Å². The standard InChI is InChI=1S/C28H18F2N6O3S/c29-15-3-6-17(7-4-15)36-11-1-2-18(27(36)38)26(37)34-16-5-8-22(20(30)12-16)39-23-9-10-32-25-24(23)19(13-33-25)21-14-40-28(31)35-21/h1-14H,(H2,31,35)(H,32,33)(H,34,37). The molecular formula is C28H18F2N6O3S. The number of fused-ring (bicyclic) bond motifs is 1. The van der Waals surface area contributed by atoms with Crippen molar-refractivity contribution in [3.8, 4) is 28.4 Å². The number of nitrogens with zero attached hydrogens (tertiary/aromatic N) is 3. The van der Waals surface area contributed by atoms with Crippen molar-refractivity contribution >= 4 is 39.1 Å². The minimum Gasteiger partial charge on any atom is -0.453 e. The number of aromatic amines is 1. The van der Waals surface area contributed by atoms with Crippen LogP contribution in [0, 0.1) is 11.6 Å². The minimum absolute atomic E-state index is 0.0891. The summed E-state index contributed by atoms with van der Waals surface area (Å²) in [5.41, 5.74) is 7.36. The number of carbonyl (C=O) groups is 1. The fourth-order valence-corrected chi connectivity index (χ4v) is 4.74. The number of H-pyrrole nitrogens is 1. The van der Waals surface area contributed by atoms with Crippen LogP contribution in [0.1, 0.15) is 10.4 Å². The molecule has 6 aromatic rings. The number of nitrogens with one attached hydrogen (secondary N) is 2. The highest BCUT2D eigenvalue weighted by molar-refractivity contribution is 7.13. The number of amides is 1. The van der Waals surface area contributed by atoms with Gasteiger partial charge in [0.1, 0.15) is 22.8 Å². The smallest absolute Gasteiger partial charge is 0.267 e. The van der Waals surface area contributed by atoms with Crippen molar-refractivity contribution in [2.75, 3.05) is 11.1 Å². The first-order chi connectivity index (χ1) is 19.4. The van der Waals surface area contributed by atoms with Gasteiger partial charge in [-0.1, -0.05) is 0 Å². The lowest BCUT2D eigenvalue weighted by atomic mass is 10.1. The van der Waals surface area contributed by atoms with Crippen LogP contribution in [0.2, 0.25) is 0 Å². The van der Waals surface area contributed by atoms with Crippen molar-refractivity contribution in [2.45, 2.75) is 0 Å². The SMILES string of the molecule is Nc1nc(-c2c[nH]c3nccc(Oc4ccc(NC(=O)c5cccn(-c6ccc(F)cc6)c5=O)cc4F)c23)cs1. The number of nitrogens with two attached hydrogens (primary N) is 1. The molecule has 198 valence electrons. The Bertz CT molecular complexity index is 1950. The van der Waals surface area contributed by atoms with Gasteiger partial charge in [-0.2, -0.15) is 0 Å².